The molecule has 2 amide bonds. The zero-order chi connectivity index (χ0) is 13.1. The van der Waals surface area contributed by atoms with Gasteiger partial charge in [-0.05, 0) is 0 Å². The van der Waals surface area contributed by atoms with Crippen LogP contribution in [0.2, 0.25) is 0 Å². The van der Waals surface area contributed by atoms with Gasteiger partial charge >= 0.3 is 5.91 Å². The molecule has 5 nitrogen and oxygen atoms in total. The van der Waals surface area contributed by atoms with Crippen LogP contribution in [0.5, 0.6) is 0 Å². The topological polar surface area (TPSA) is 57.2 Å². The molecule has 96 valence electrons. The minimum atomic E-state index is -0.292. The van der Waals surface area contributed by atoms with Gasteiger partial charge in [0.25, 0.3) is 5.91 Å². The van der Waals surface area contributed by atoms with Crippen molar-refractivity contribution in [3.8, 4) is 0 Å². The molecule has 0 unspecified atom stereocenters. The van der Waals surface area contributed by atoms with Crippen LogP contribution in [-0.4, -0.2) is 42.0 Å². The Balaban J connectivity index is 1.96. The molecule has 0 aliphatic carbocycles. The Bertz CT molecular complexity index is 445. The van der Waals surface area contributed by atoms with Crippen molar-refractivity contribution < 1.29 is 14.9 Å². The maximum Gasteiger partial charge on any atom is 0.302 e. The molecule has 5 heteroatoms. The van der Waals surface area contributed by atoms with E-state index in [-0.39, 0.29) is 24.3 Å². The third-order valence-corrected chi connectivity index (χ3v) is 3.04. The average Bonchev–Trinajstić information content (AvgIpc) is 2.63. The van der Waals surface area contributed by atoms with Crippen molar-refractivity contribution in [1.29, 1.82) is 0 Å². The third kappa shape index (κ3) is 2.57. The molecule has 1 fully saturated rings. The monoisotopic (exact) mass is 248 g/mol. The molecule has 2 rings (SSSR count). The number of benzene rings is 1. The van der Waals surface area contributed by atoms with E-state index in [9.17, 15) is 9.59 Å². The maximum absolute atomic E-state index is 12.0. The summed E-state index contributed by atoms with van der Waals surface area (Å²) < 4.78 is 0. The second-order valence-electron chi connectivity index (χ2n) is 4.63. The summed E-state index contributed by atoms with van der Waals surface area (Å²) in [4.78, 5) is 23.7. The number of nitrogens with two attached hydrogens (primary N) is 1. The predicted octanol–water partition coefficient (Wildman–Crippen LogP) is -0.646. The molecule has 0 bridgehead atoms. The highest BCUT2D eigenvalue weighted by molar-refractivity contribution is 6.04. The summed E-state index contributed by atoms with van der Waals surface area (Å²) >= 11 is 0. The summed E-state index contributed by atoms with van der Waals surface area (Å²) in [5.74, 6) is -0.250. The normalized spacial score (nSPS) is 19.9. The first-order chi connectivity index (χ1) is 8.59. The molecule has 18 heavy (non-hydrogen) atoms. The second kappa shape index (κ2) is 5.29. The predicted molar refractivity (Wildman–Crippen MR) is 66.0 cm³/mol. The molecule has 2 N–H and O–H groups in total. The Morgan fingerprint density at radius 1 is 1.28 bits per heavy atom. The molecule has 1 aromatic rings. The smallest absolute Gasteiger partial charge is 0.302 e. The molecular formula is C13H18N3O2+. The van der Waals surface area contributed by atoms with Crippen molar-refractivity contribution in [2.24, 2.45) is 0 Å². The van der Waals surface area contributed by atoms with Crippen LogP contribution in [0, 0.1) is 0 Å². The largest absolute Gasteiger partial charge is 0.332 e. The van der Waals surface area contributed by atoms with E-state index in [1.807, 2.05) is 35.6 Å². The van der Waals surface area contributed by atoms with Crippen LogP contribution in [0.1, 0.15) is 12.0 Å². The van der Waals surface area contributed by atoms with Gasteiger partial charge in [0, 0.05) is 19.7 Å². The van der Waals surface area contributed by atoms with Crippen LogP contribution in [0.25, 0.3) is 0 Å². The lowest BCUT2D eigenvalue weighted by Crippen LogP contribution is -2.90. The Kier molecular flexibility index (Phi) is 3.74. The van der Waals surface area contributed by atoms with Crippen molar-refractivity contribution in [3.63, 3.8) is 0 Å². The molecular weight excluding hydrogens is 230 g/mol. The van der Waals surface area contributed by atoms with Gasteiger partial charge in [-0.3, -0.25) is 9.59 Å². The molecule has 0 radical (unpaired) electrons. The molecule has 0 spiro atoms. The van der Waals surface area contributed by atoms with Crippen LogP contribution in [0.4, 0.5) is 0 Å². The number of amides is 2. The zero-order valence-electron chi connectivity index (χ0n) is 10.7. The maximum atomic E-state index is 12.0. The SMILES string of the molecule is CN(C)N1C(=O)C[C@@H]([NH2+]Cc2ccccc2)C1=O. The Morgan fingerprint density at radius 2 is 1.94 bits per heavy atom. The second-order valence-corrected chi connectivity index (χ2v) is 4.63. The van der Waals surface area contributed by atoms with E-state index in [4.69, 9.17) is 0 Å². The lowest BCUT2D eigenvalue weighted by Gasteiger charge is -2.20. The Morgan fingerprint density at radius 3 is 2.50 bits per heavy atom. The zero-order valence-corrected chi connectivity index (χ0v) is 10.7. The number of carbonyl (C=O) groups is 2. The Labute approximate surface area is 106 Å². The number of imide groups is 1. The van der Waals surface area contributed by atoms with E-state index >= 15 is 0 Å². The van der Waals surface area contributed by atoms with Gasteiger partial charge < -0.3 is 5.32 Å². The van der Waals surface area contributed by atoms with Crippen LogP contribution >= 0.6 is 0 Å². The van der Waals surface area contributed by atoms with Gasteiger partial charge in [-0.15, -0.1) is 0 Å². The first-order valence-corrected chi connectivity index (χ1v) is 6.01. The molecule has 0 aromatic heterocycles. The summed E-state index contributed by atoms with van der Waals surface area (Å²) in [5, 5.41) is 4.69. The van der Waals surface area contributed by atoms with Crippen LogP contribution in [0.3, 0.4) is 0 Å². The van der Waals surface area contributed by atoms with Gasteiger partial charge in [0.05, 0.1) is 6.42 Å². The standard InChI is InChI=1S/C13H17N3O2/c1-15(2)16-12(17)8-11(13(16)18)14-9-10-6-4-3-5-7-10/h3-7,11,14H,8-9H2,1-2H3/p+1/t11-/m1/s1. The van der Waals surface area contributed by atoms with Gasteiger partial charge in [-0.2, -0.15) is 0 Å². The first-order valence-electron chi connectivity index (χ1n) is 6.01. The fraction of sp³-hybridized carbons (Fsp3) is 0.385. The number of carbonyl (C=O) groups excluding carboxylic acids is 2. The van der Waals surface area contributed by atoms with Crippen molar-refractivity contribution >= 4 is 11.8 Å². The Hall–Kier alpha value is -1.72. The van der Waals surface area contributed by atoms with Gasteiger partial charge in [0.15, 0.2) is 6.04 Å². The van der Waals surface area contributed by atoms with Gasteiger partial charge in [0.2, 0.25) is 0 Å². The van der Waals surface area contributed by atoms with Crippen molar-refractivity contribution in [2.75, 3.05) is 14.1 Å². The van der Waals surface area contributed by atoms with E-state index in [1.165, 1.54) is 5.01 Å². The molecule has 0 saturated carbocycles. The van der Waals surface area contributed by atoms with Crippen LogP contribution < -0.4 is 5.32 Å². The fourth-order valence-electron chi connectivity index (χ4n) is 2.14. The van der Waals surface area contributed by atoms with Gasteiger partial charge in [-0.1, -0.05) is 30.3 Å². The summed E-state index contributed by atoms with van der Waals surface area (Å²) in [6, 6.07) is 9.64. The molecule has 1 saturated heterocycles. The minimum absolute atomic E-state index is 0.124. The summed E-state index contributed by atoms with van der Waals surface area (Å²) in [6.45, 7) is 0.714. The summed E-state index contributed by atoms with van der Waals surface area (Å²) in [6.07, 6.45) is 0.282. The molecule has 1 atom stereocenters. The minimum Gasteiger partial charge on any atom is -0.332 e. The van der Waals surface area contributed by atoms with E-state index in [0.29, 0.717) is 6.54 Å². The van der Waals surface area contributed by atoms with E-state index < -0.39 is 0 Å². The quantitative estimate of drug-likeness (QED) is 0.721. The average molecular weight is 248 g/mol. The van der Waals surface area contributed by atoms with Crippen LogP contribution in [-0.2, 0) is 16.1 Å². The van der Waals surface area contributed by atoms with Crippen molar-refractivity contribution in [1.82, 2.24) is 10.0 Å². The summed E-state index contributed by atoms with van der Waals surface area (Å²) in [7, 11) is 3.41. The van der Waals surface area contributed by atoms with E-state index in [1.54, 1.807) is 19.1 Å². The van der Waals surface area contributed by atoms with E-state index in [0.717, 1.165) is 5.56 Å². The van der Waals surface area contributed by atoms with Crippen molar-refractivity contribution in [2.45, 2.75) is 19.0 Å². The fourth-order valence-corrected chi connectivity index (χ4v) is 2.14. The van der Waals surface area contributed by atoms with E-state index in [2.05, 4.69) is 0 Å². The van der Waals surface area contributed by atoms with Gasteiger partial charge in [-0.25, -0.2) is 10.0 Å². The van der Waals surface area contributed by atoms with Crippen LogP contribution in [0.15, 0.2) is 30.3 Å². The number of quaternary nitrogens is 1. The molecule has 1 aliphatic rings. The number of rotatable bonds is 4. The van der Waals surface area contributed by atoms with Gasteiger partial charge in [0.1, 0.15) is 6.54 Å². The number of hydrogen-bond donors (Lipinski definition) is 1. The summed E-state index contributed by atoms with van der Waals surface area (Å²) in [5.41, 5.74) is 1.15. The lowest BCUT2D eigenvalue weighted by atomic mass is 10.2. The number of hydrazine groups is 1. The highest BCUT2D eigenvalue weighted by atomic mass is 16.2. The number of hydrogen-bond acceptors (Lipinski definition) is 3. The first kappa shape index (κ1) is 12.7. The lowest BCUT2D eigenvalue weighted by molar-refractivity contribution is -0.690. The highest BCUT2D eigenvalue weighted by Crippen LogP contribution is 2.11. The highest BCUT2D eigenvalue weighted by Gasteiger charge is 2.42. The third-order valence-electron chi connectivity index (χ3n) is 3.04. The number of nitrogens with zero attached hydrogens (tertiary/aromatic N) is 2. The molecule has 1 aliphatic heterocycles. The van der Waals surface area contributed by atoms with Crippen molar-refractivity contribution in [3.05, 3.63) is 35.9 Å². The molecule has 1 aromatic carbocycles. The molecule has 1 heterocycles.